The Morgan fingerprint density at radius 1 is 0.952 bits per heavy atom. The molecule has 1 nitrogen and oxygen atoms in total. The molecule has 108 valence electrons. The van der Waals surface area contributed by atoms with Gasteiger partial charge in [0.05, 0.1) is 5.92 Å². The number of fused-ring (bicyclic) bond motifs is 1. The molecule has 0 aliphatic heterocycles. The number of hydrogen-bond donors (Lipinski definition) is 0. The Morgan fingerprint density at radius 3 is 2.38 bits per heavy atom. The maximum atomic E-state index is 12.9. The van der Waals surface area contributed by atoms with Crippen LogP contribution in [0.2, 0.25) is 0 Å². The average Bonchev–Trinajstić information content (AvgIpc) is 2.45. The number of halogens is 3. The van der Waals surface area contributed by atoms with Crippen LogP contribution in [0.25, 0.3) is 16.3 Å². The van der Waals surface area contributed by atoms with Crippen LogP contribution in [0.1, 0.15) is 18.4 Å². The van der Waals surface area contributed by atoms with E-state index in [1.165, 1.54) is 6.08 Å². The van der Waals surface area contributed by atoms with E-state index in [1.54, 1.807) is 6.07 Å². The predicted octanol–water partition coefficient (Wildman–Crippen LogP) is 4.76. The molecule has 0 fully saturated rings. The lowest BCUT2D eigenvalue weighted by Crippen LogP contribution is -2.28. The quantitative estimate of drug-likeness (QED) is 0.739. The molecule has 4 heteroatoms. The summed E-state index contributed by atoms with van der Waals surface area (Å²) in [5, 5.41) is 1.98. The number of carbonyl (C=O) groups excluding carboxylic acids is 1. The van der Waals surface area contributed by atoms with Crippen molar-refractivity contribution in [1.29, 1.82) is 0 Å². The number of benzene rings is 2. The van der Waals surface area contributed by atoms with Gasteiger partial charge in [-0.3, -0.25) is 4.79 Å². The van der Waals surface area contributed by atoms with Crippen LogP contribution in [0.3, 0.4) is 0 Å². The van der Waals surface area contributed by atoms with Gasteiger partial charge in [-0.05, 0) is 40.5 Å². The van der Waals surface area contributed by atoms with E-state index in [0.717, 1.165) is 10.8 Å². The van der Waals surface area contributed by atoms with Crippen molar-refractivity contribution in [3.05, 3.63) is 54.1 Å². The molecule has 1 atom stereocenters. The SMILES string of the molecule is O=C1C=C(c2ccc3ccccc3c2)CC(C(F)(F)F)C1. The first-order valence-corrected chi connectivity index (χ1v) is 6.73. The predicted molar refractivity (Wildman–Crippen MR) is 75.7 cm³/mol. The molecule has 0 saturated carbocycles. The number of allylic oxidation sites excluding steroid dienone is 2. The number of alkyl halides is 3. The first kappa shape index (κ1) is 13.9. The third-order valence-corrected chi connectivity index (χ3v) is 3.83. The van der Waals surface area contributed by atoms with Crippen LogP contribution in [-0.2, 0) is 4.79 Å². The van der Waals surface area contributed by atoms with Crippen molar-refractivity contribution in [2.45, 2.75) is 19.0 Å². The van der Waals surface area contributed by atoms with Crippen molar-refractivity contribution >= 4 is 22.1 Å². The maximum absolute atomic E-state index is 12.9. The molecular formula is C17H13F3O. The van der Waals surface area contributed by atoms with Crippen LogP contribution in [0, 0.1) is 5.92 Å². The summed E-state index contributed by atoms with van der Waals surface area (Å²) in [6, 6.07) is 13.1. The van der Waals surface area contributed by atoms with E-state index >= 15 is 0 Å². The van der Waals surface area contributed by atoms with Crippen LogP contribution < -0.4 is 0 Å². The van der Waals surface area contributed by atoms with E-state index in [0.29, 0.717) is 11.1 Å². The summed E-state index contributed by atoms with van der Waals surface area (Å²) in [5.74, 6) is -2.02. The van der Waals surface area contributed by atoms with Crippen molar-refractivity contribution in [3.8, 4) is 0 Å². The molecule has 21 heavy (non-hydrogen) atoms. The van der Waals surface area contributed by atoms with E-state index in [9.17, 15) is 18.0 Å². The minimum absolute atomic E-state index is 0.131. The molecule has 0 bridgehead atoms. The molecular weight excluding hydrogens is 277 g/mol. The van der Waals surface area contributed by atoms with Crippen LogP contribution >= 0.6 is 0 Å². The maximum Gasteiger partial charge on any atom is 0.392 e. The van der Waals surface area contributed by atoms with Crippen molar-refractivity contribution in [2.24, 2.45) is 5.92 Å². The highest BCUT2D eigenvalue weighted by atomic mass is 19.4. The van der Waals surface area contributed by atoms with Crippen molar-refractivity contribution in [2.75, 3.05) is 0 Å². The molecule has 0 aromatic heterocycles. The van der Waals surface area contributed by atoms with Gasteiger partial charge >= 0.3 is 6.18 Å². The normalized spacial score (nSPS) is 19.7. The Labute approximate surface area is 120 Å². The molecule has 0 heterocycles. The minimum Gasteiger partial charge on any atom is -0.295 e. The second-order valence-corrected chi connectivity index (χ2v) is 5.34. The average molecular weight is 290 g/mol. The smallest absolute Gasteiger partial charge is 0.295 e. The van der Waals surface area contributed by atoms with E-state index in [2.05, 4.69) is 0 Å². The topological polar surface area (TPSA) is 17.1 Å². The standard InChI is InChI=1S/C17H13F3O/c18-17(19,20)15-8-14(9-16(21)10-15)13-6-5-11-3-1-2-4-12(11)7-13/h1-7,9,15H,8,10H2. The molecule has 1 aliphatic carbocycles. The molecule has 0 amide bonds. The minimum atomic E-state index is -4.33. The Hall–Kier alpha value is -2.10. The number of rotatable bonds is 1. The zero-order valence-electron chi connectivity index (χ0n) is 11.2. The fourth-order valence-electron chi connectivity index (χ4n) is 2.71. The molecule has 0 radical (unpaired) electrons. The summed E-state index contributed by atoms with van der Waals surface area (Å²) >= 11 is 0. The summed E-state index contributed by atoms with van der Waals surface area (Å²) in [6.45, 7) is 0. The molecule has 2 aromatic rings. The summed E-state index contributed by atoms with van der Waals surface area (Å²) in [7, 11) is 0. The number of hydrogen-bond acceptors (Lipinski definition) is 1. The van der Waals surface area contributed by atoms with Crippen LogP contribution in [0.15, 0.2) is 48.5 Å². The Morgan fingerprint density at radius 2 is 1.67 bits per heavy atom. The van der Waals surface area contributed by atoms with Gasteiger partial charge in [0.2, 0.25) is 0 Å². The van der Waals surface area contributed by atoms with Gasteiger partial charge in [-0.15, -0.1) is 0 Å². The first-order valence-electron chi connectivity index (χ1n) is 6.73. The van der Waals surface area contributed by atoms with E-state index in [4.69, 9.17) is 0 Å². The van der Waals surface area contributed by atoms with Gasteiger partial charge in [0, 0.05) is 6.42 Å². The van der Waals surface area contributed by atoms with Gasteiger partial charge in [0.1, 0.15) is 0 Å². The Bertz CT molecular complexity index is 728. The highest BCUT2D eigenvalue weighted by Crippen LogP contribution is 2.39. The highest BCUT2D eigenvalue weighted by Gasteiger charge is 2.42. The van der Waals surface area contributed by atoms with Gasteiger partial charge < -0.3 is 0 Å². The molecule has 1 aliphatic rings. The molecule has 0 saturated heterocycles. The second-order valence-electron chi connectivity index (χ2n) is 5.34. The van der Waals surface area contributed by atoms with E-state index in [1.807, 2.05) is 36.4 Å². The third-order valence-electron chi connectivity index (χ3n) is 3.83. The third kappa shape index (κ3) is 2.84. The zero-order chi connectivity index (χ0) is 15.0. The number of carbonyl (C=O) groups is 1. The van der Waals surface area contributed by atoms with Gasteiger partial charge in [-0.25, -0.2) is 0 Å². The molecule has 2 aromatic carbocycles. The molecule has 0 N–H and O–H groups in total. The van der Waals surface area contributed by atoms with Crippen molar-refractivity contribution < 1.29 is 18.0 Å². The van der Waals surface area contributed by atoms with E-state index < -0.39 is 24.3 Å². The largest absolute Gasteiger partial charge is 0.392 e. The molecule has 3 rings (SSSR count). The summed E-state index contributed by atoms with van der Waals surface area (Å²) in [4.78, 5) is 11.6. The summed E-state index contributed by atoms with van der Waals surface area (Å²) < 4.78 is 38.6. The summed E-state index contributed by atoms with van der Waals surface area (Å²) in [6.07, 6.45) is -3.55. The first-order chi connectivity index (χ1) is 9.93. The lowest BCUT2D eigenvalue weighted by Gasteiger charge is -2.24. The van der Waals surface area contributed by atoms with Crippen LogP contribution in [-0.4, -0.2) is 12.0 Å². The second kappa shape index (κ2) is 5.02. The molecule has 0 spiro atoms. The lowest BCUT2D eigenvalue weighted by molar-refractivity contribution is -0.177. The van der Waals surface area contributed by atoms with E-state index in [-0.39, 0.29) is 6.42 Å². The van der Waals surface area contributed by atoms with Gasteiger partial charge in [-0.1, -0.05) is 36.4 Å². The Kier molecular flexibility index (Phi) is 3.32. The van der Waals surface area contributed by atoms with Crippen LogP contribution in [0.5, 0.6) is 0 Å². The van der Waals surface area contributed by atoms with Crippen molar-refractivity contribution in [1.82, 2.24) is 0 Å². The Balaban J connectivity index is 1.99. The fraction of sp³-hybridized carbons (Fsp3) is 0.235. The van der Waals surface area contributed by atoms with Gasteiger partial charge in [-0.2, -0.15) is 13.2 Å². The fourth-order valence-corrected chi connectivity index (χ4v) is 2.71. The zero-order valence-corrected chi connectivity index (χ0v) is 11.2. The van der Waals surface area contributed by atoms with Gasteiger partial charge in [0.15, 0.2) is 5.78 Å². The summed E-state index contributed by atoms with van der Waals surface area (Å²) in [5.41, 5.74) is 1.16. The van der Waals surface area contributed by atoms with Gasteiger partial charge in [0.25, 0.3) is 0 Å². The molecule has 1 unspecified atom stereocenters. The highest BCUT2D eigenvalue weighted by molar-refractivity contribution is 5.99. The van der Waals surface area contributed by atoms with Crippen LogP contribution in [0.4, 0.5) is 13.2 Å². The van der Waals surface area contributed by atoms with Crippen molar-refractivity contribution in [3.63, 3.8) is 0 Å². The lowest BCUT2D eigenvalue weighted by atomic mass is 9.84. The number of ketones is 1. The monoisotopic (exact) mass is 290 g/mol.